The van der Waals surface area contributed by atoms with Gasteiger partial charge in [-0.3, -0.25) is 4.79 Å². The molecule has 98 valence electrons. The van der Waals surface area contributed by atoms with E-state index in [0.29, 0.717) is 0 Å². The van der Waals surface area contributed by atoms with Gasteiger partial charge in [0.15, 0.2) is 0 Å². The first kappa shape index (κ1) is 13.3. The highest BCUT2D eigenvalue weighted by Gasteiger charge is 2.22. The third kappa shape index (κ3) is 3.19. The molecule has 18 heavy (non-hydrogen) atoms. The number of anilines is 1. The largest absolute Gasteiger partial charge is 0.399 e. The lowest BCUT2D eigenvalue weighted by Crippen LogP contribution is -2.35. The second kappa shape index (κ2) is 6.14. The fourth-order valence-electron chi connectivity index (χ4n) is 2.21. The summed E-state index contributed by atoms with van der Waals surface area (Å²) in [5.74, 6) is 2.34. The molecule has 1 amide bonds. The standard InChI is InChI=1S/C14H20N2OS/c1-11(12-4-2-5-13(15)10-12)14(17)16-6-3-8-18-9-7-16/h2,4-5,10-11H,3,6-9,15H2,1H3. The Bertz CT molecular complexity index is 414. The Morgan fingerprint density at radius 2 is 2.22 bits per heavy atom. The van der Waals surface area contributed by atoms with Crippen LogP contribution in [0, 0.1) is 0 Å². The zero-order chi connectivity index (χ0) is 13.0. The van der Waals surface area contributed by atoms with E-state index in [-0.39, 0.29) is 11.8 Å². The van der Waals surface area contributed by atoms with E-state index in [1.165, 1.54) is 0 Å². The molecule has 0 saturated carbocycles. The quantitative estimate of drug-likeness (QED) is 0.834. The maximum Gasteiger partial charge on any atom is 0.229 e. The van der Waals surface area contributed by atoms with E-state index in [1.54, 1.807) is 0 Å². The summed E-state index contributed by atoms with van der Waals surface area (Å²) in [6.45, 7) is 3.73. The van der Waals surface area contributed by atoms with E-state index in [9.17, 15) is 4.79 Å². The van der Waals surface area contributed by atoms with Gasteiger partial charge in [-0.2, -0.15) is 11.8 Å². The van der Waals surface area contributed by atoms with Gasteiger partial charge in [-0.25, -0.2) is 0 Å². The average molecular weight is 264 g/mol. The molecule has 0 radical (unpaired) electrons. The second-order valence-electron chi connectivity index (χ2n) is 4.68. The summed E-state index contributed by atoms with van der Waals surface area (Å²) in [5, 5.41) is 0. The molecule has 1 fully saturated rings. The molecular formula is C14H20N2OS. The van der Waals surface area contributed by atoms with Crippen molar-refractivity contribution in [1.29, 1.82) is 0 Å². The minimum absolute atomic E-state index is 0.100. The number of rotatable bonds is 2. The molecule has 1 aromatic rings. The number of benzene rings is 1. The molecule has 1 saturated heterocycles. The lowest BCUT2D eigenvalue weighted by Gasteiger charge is -2.24. The number of amides is 1. The molecule has 2 N–H and O–H groups in total. The lowest BCUT2D eigenvalue weighted by molar-refractivity contribution is -0.132. The van der Waals surface area contributed by atoms with Gasteiger partial charge in [-0.05, 0) is 36.8 Å². The van der Waals surface area contributed by atoms with E-state index in [2.05, 4.69) is 0 Å². The highest BCUT2D eigenvalue weighted by atomic mass is 32.2. The molecule has 0 aromatic heterocycles. The predicted molar refractivity (Wildman–Crippen MR) is 77.8 cm³/mol. The van der Waals surface area contributed by atoms with Crippen LogP contribution in [0.1, 0.15) is 24.8 Å². The molecule has 1 aliphatic rings. The number of hydrogen-bond acceptors (Lipinski definition) is 3. The summed E-state index contributed by atoms with van der Waals surface area (Å²) in [7, 11) is 0. The summed E-state index contributed by atoms with van der Waals surface area (Å²) >= 11 is 1.93. The molecule has 2 rings (SSSR count). The lowest BCUT2D eigenvalue weighted by atomic mass is 9.99. The second-order valence-corrected chi connectivity index (χ2v) is 5.91. The minimum Gasteiger partial charge on any atom is -0.399 e. The van der Waals surface area contributed by atoms with Crippen molar-refractivity contribution in [3.63, 3.8) is 0 Å². The van der Waals surface area contributed by atoms with E-state index in [1.807, 2.05) is 47.9 Å². The highest BCUT2D eigenvalue weighted by molar-refractivity contribution is 7.99. The zero-order valence-corrected chi connectivity index (χ0v) is 11.6. The number of hydrogen-bond donors (Lipinski definition) is 1. The highest BCUT2D eigenvalue weighted by Crippen LogP contribution is 2.21. The summed E-state index contributed by atoms with van der Waals surface area (Å²) in [5.41, 5.74) is 7.50. The van der Waals surface area contributed by atoms with Gasteiger partial charge < -0.3 is 10.6 Å². The number of nitrogen functional groups attached to an aromatic ring is 1. The third-order valence-electron chi connectivity index (χ3n) is 3.32. The Labute approximate surface area is 113 Å². The summed E-state index contributed by atoms with van der Waals surface area (Å²) in [6.07, 6.45) is 1.10. The van der Waals surface area contributed by atoms with Crippen molar-refractivity contribution in [3.05, 3.63) is 29.8 Å². The van der Waals surface area contributed by atoms with Crippen molar-refractivity contribution in [2.45, 2.75) is 19.3 Å². The average Bonchev–Trinajstić information content (AvgIpc) is 2.66. The maximum atomic E-state index is 12.4. The topological polar surface area (TPSA) is 46.3 Å². The molecule has 4 heteroatoms. The zero-order valence-electron chi connectivity index (χ0n) is 10.8. The van der Waals surface area contributed by atoms with E-state index < -0.39 is 0 Å². The first-order valence-electron chi connectivity index (χ1n) is 6.40. The van der Waals surface area contributed by atoms with Gasteiger partial charge in [0.05, 0.1) is 5.92 Å². The van der Waals surface area contributed by atoms with Crippen molar-refractivity contribution >= 4 is 23.4 Å². The van der Waals surface area contributed by atoms with Crippen LogP contribution in [-0.2, 0) is 4.79 Å². The van der Waals surface area contributed by atoms with Crippen molar-refractivity contribution in [2.24, 2.45) is 0 Å². The number of carbonyl (C=O) groups is 1. The van der Waals surface area contributed by atoms with Crippen LogP contribution < -0.4 is 5.73 Å². The Kier molecular flexibility index (Phi) is 4.53. The van der Waals surface area contributed by atoms with Crippen LogP contribution in [0.15, 0.2) is 24.3 Å². The van der Waals surface area contributed by atoms with Crippen LogP contribution in [-0.4, -0.2) is 35.4 Å². The van der Waals surface area contributed by atoms with E-state index in [4.69, 9.17) is 5.73 Å². The summed E-state index contributed by atoms with van der Waals surface area (Å²) in [4.78, 5) is 14.4. The molecule has 3 nitrogen and oxygen atoms in total. The first-order chi connectivity index (χ1) is 8.68. The van der Waals surface area contributed by atoms with Gasteiger partial charge in [0, 0.05) is 24.5 Å². The number of carbonyl (C=O) groups excluding carboxylic acids is 1. The molecule has 0 bridgehead atoms. The van der Waals surface area contributed by atoms with Crippen LogP contribution in [0.5, 0.6) is 0 Å². The number of thioether (sulfide) groups is 1. The van der Waals surface area contributed by atoms with Gasteiger partial charge in [0.1, 0.15) is 0 Å². The van der Waals surface area contributed by atoms with Gasteiger partial charge in [0.2, 0.25) is 5.91 Å². The normalized spacial score (nSPS) is 18.2. The molecule has 1 heterocycles. The van der Waals surface area contributed by atoms with Crippen LogP contribution in [0.25, 0.3) is 0 Å². The minimum atomic E-state index is -0.100. The van der Waals surface area contributed by atoms with E-state index >= 15 is 0 Å². The van der Waals surface area contributed by atoms with Gasteiger partial charge in [-0.15, -0.1) is 0 Å². The van der Waals surface area contributed by atoms with Gasteiger partial charge >= 0.3 is 0 Å². The van der Waals surface area contributed by atoms with Crippen LogP contribution >= 0.6 is 11.8 Å². The Morgan fingerprint density at radius 3 is 3.00 bits per heavy atom. The third-order valence-corrected chi connectivity index (χ3v) is 4.36. The van der Waals surface area contributed by atoms with Gasteiger partial charge in [-0.1, -0.05) is 12.1 Å². The number of nitrogens with zero attached hydrogens (tertiary/aromatic N) is 1. The molecule has 1 atom stereocenters. The monoisotopic (exact) mass is 264 g/mol. The fraction of sp³-hybridized carbons (Fsp3) is 0.500. The predicted octanol–water partition coefficient (Wildman–Crippen LogP) is 2.34. The van der Waals surface area contributed by atoms with Crippen LogP contribution in [0.4, 0.5) is 5.69 Å². The molecular weight excluding hydrogens is 244 g/mol. The van der Waals surface area contributed by atoms with Crippen molar-refractivity contribution in [3.8, 4) is 0 Å². The number of nitrogens with two attached hydrogens (primary N) is 1. The Hall–Kier alpha value is -1.16. The molecule has 0 aliphatic carbocycles. The fourth-order valence-corrected chi connectivity index (χ4v) is 3.10. The molecule has 1 aliphatic heterocycles. The van der Waals surface area contributed by atoms with Gasteiger partial charge in [0.25, 0.3) is 0 Å². The van der Waals surface area contributed by atoms with Crippen molar-refractivity contribution < 1.29 is 4.79 Å². The van der Waals surface area contributed by atoms with Crippen LogP contribution in [0.3, 0.4) is 0 Å². The molecule has 1 aromatic carbocycles. The van der Waals surface area contributed by atoms with Crippen LogP contribution in [0.2, 0.25) is 0 Å². The SMILES string of the molecule is CC(C(=O)N1CCCSCC1)c1cccc(N)c1. The Morgan fingerprint density at radius 1 is 1.39 bits per heavy atom. The molecule has 1 unspecified atom stereocenters. The van der Waals surface area contributed by atoms with Crippen molar-refractivity contribution in [2.75, 3.05) is 30.3 Å². The van der Waals surface area contributed by atoms with E-state index in [0.717, 1.165) is 42.3 Å². The summed E-state index contributed by atoms with van der Waals surface area (Å²) in [6, 6.07) is 7.64. The first-order valence-corrected chi connectivity index (χ1v) is 7.56. The maximum absolute atomic E-state index is 12.4. The Balaban J connectivity index is 2.07. The van der Waals surface area contributed by atoms with Crippen molar-refractivity contribution in [1.82, 2.24) is 4.90 Å². The summed E-state index contributed by atoms with van der Waals surface area (Å²) < 4.78 is 0. The molecule has 0 spiro atoms. The smallest absolute Gasteiger partial charge is 0.229 e.